The fourth-order valence-corrected chi connectivity index (χ4v) is 2.04. The SMILES string of the molecule is NCC(C(=O)O)c1c(O)c(Cl)cc2c1OCCO2. The highest BCUT2D eigenvalue weighted by atomic mass is 35.5. The Labute approximate surface area is 108 Å². The van der Waals surface area contributed by atoms with Crippen LogP contribution in [0.2, 0.25) is 5.02 Å². The summed E-state index contributed by atoms with van der Waals surface area (Å²) >= 11 is 5.84. The molecule has 0 saturated heterocycles. The molecule has 0 aromatic heterocycles. The van der Waals surface area contributed by atoms with Crippen LogP contribution in [-0.2, 0) is 4.79 Å². The number of carboxylic acid groups (broad SMARTS) is 1. The van der Waals surface area contributed by atoms with Gasteiger partial charge in [-0.05, 0) is 0 Å². The van der Waals surface area contributed by atoms with Gasteiger partial charge in [-0.15, -0.1) is 0 Å². The largest absolute Gasteiger partial charge is 0.506 e. The smallest absolute Gasteiger partial charge is 0.312 e. The third-order valence-corrected chi connectivity index (χ3v) is 2.97. The maximum atomic E-state index is 11.1. The zero-order valence-electron chi connectivity index (χ0n) is 9.35. The van der Waals surface area contributed by atoms with E-state index in [-0.39, 0.29) is 35.2 Å². The van der Waals surface area contributed by atoms with Crippen molar-refractivity contribution in [2.45, 2.75) is 5.92 Å². The Hall–Kier alpha value is -1.66. The molecule has 1 unspecified atom stereocenters. The lowest BCUT2D eigenvalue weighted by atomic mass is 9.96. The van der Waals surface area contributed by atoms with E-state index in [1.807, 2.05) is 0 Å². The van der Waals surface area contributed by atoms with Gasteiger partial charge in [0.05, 0.1) is 10.6 Å². The van der Waals surface area contributed by atoms with Gasteiger partial charge in [0.25, 0.3) is 0 Å². The molecule has 1 aromatic rings. The van der Waals surface area contributed by atoms with Crippen LogP contribution in [0, 0.1) is 0 Å². The molecule has 2 rings (SSSR count). The second-order valence-corrected chi connectivity index (χ2v) is 4.18. The van der Waals surface area contributed by atoms with Gasteiger partial charge in [-0.1, -0.05) is 11.6 Å². The van der Waals surface area contributed by atoms with Gasteiger partial charge in [0, 0.05) is 12.6 Å². The van der Waals surface area contributed by atoms with Crippen LogP contribution in [0.25, 0.3) is 0 Å². The van der Waals surface area contributed by atoms with E-state index in [4.69, 9.17) is 31.9 Å². The average molecular weight is 274 g/mol. The van der Waals surface area contributed by atoms with Crippen LogP contribution in [0.3, 0.4) is 0 Å². The molecule has 1 heterocycles. The number of phenols is 1. The molecule has 0 aliphatic carbocycles. The lowest BCUT2D eigenvalue weighted by molar-refractivity contribution is -0.138. The molecule has 0 fully saturated rings. The van der Waals surface area contributed by atoms with Gasteiger partial charge in [-0.2, -0.15) is 0 Å². The third-order valence-electron chi connectivity index (χ3n) is 2.68. The minimum absolute atomic E-state index is 0.00829. The van der Waals surface area contributed by atoms with Gasteiger partial charge in [-0.25, -0.2) is 0 Å². The first-order chi connectivity index (χ1) is 8.56. The normalized spacial score (nSPS) is 15.2. The second-order valence-electron chi connectivity index (χ2n) is 3.77. The quantitative estimate of drug-likeness (QED) is 0.758. The molecule has 7 heteroatoms. The number of rotatable bonds is 3. The molecular formula is C11H12ClNO5. The number of aliphatic carboxylic acids is 1. The van der Waals surface area contributed by atoms with E-state index in [1.54, 1.807) is 0 Å². The molecule has 18 heavy (non-hydrogen) atoms. The predicted molar refractivity (Wildman–Crippen MR) is 63.5 cm³/mol. The monoisotopic (exact) mass is 273 g/mol. The van der Waals surface area contributed by atoms with Gasteiger partial charge in [0.2, 0.25) is 0 Å². The van der Waals surface area contributed by atoms with E-state index in [1.165, 1.54) is 6.07 Å². The van der Waals surface area contributed by atoms with Crippen molar-refractivity contribution in [2.75, 3.05) is 19.8 Å². The minimum Gasteiger partial charge on any atom is -0.506 e. The molecule has 1 aromatic carbocycles. The number of hydrogen-bond acceptors (Lipinski definition) is 5. The summed E-state index contributed by atoms with van der Waals surface area (Å²) in [4.78, 5) is 11.1. The number of benzene rings is 1. The molecule has 4 N–H and O–H groups in total. The average Bonchev–Trinajstić information content (AvgIpc) is 2.34. The van der Waals surface area contributed by atoms with Crippen molar-refractivity contribution in [3.05, 3.63) is 16.7 Å². The Morgan fingerprint density at radius 1 is 1.50 bits per heavy atom. The Kier molecular flexibility index (Phi) is 3.49. The number of halogens is 1. The summed E-state index contributed by atoms with van der Waals surface area (Å²) < 4.78 is 10.7. The van der Waals surface area contributed by atoms with Gasteiger partial charge in [-0.3, -0.25) is 4.79 Å². The highest BCUT2D eigenvalue weighted by Gasteiger charge is 2.31. The van der Waals surface area contributed by atoms with Crippen molar-refractivity contribution in [3.8, 4) is 17.2 Å². The molecule has 1 atom stereocenters. The van der Waals surface area contributed by atoms with Crippen molar-refractivity contribution >= 4 is 17.6 Å². The summed E-state index contributed by atoms with van der Waals surface area (Å²) in [5.41, 5.74) is 5.49. The molecule has 98 valence electrons. The Morgan fingerprint density at radius 2 is 2.17 bits per heavy atom. The molecule has 0 amide bonds. The van der Waals surface area contributed by atoms with E-state index in [0.29, 0.717) is 12.4 Å². The summed E-state index contributed by atoms with van der Waals surface area (Å²) in [6.07, 6.45) is 0. The number of carbonyl (C=O) groups is 1. The highest BCUT2D eigenvalue weighted by molar-refractivity contribution is 6.32. The fraction of sp³-hybridized carbons (Fsp3) is 0.364. The summed E-state index contributed by atoms with van der Waals surface area (Å²) in [5.74, 6) is -2.08. The van der Waals surface area contributed by atoms with Crippen LogP contribution in [0.4, 0.5) is 0 Å². The highest BCUT2D eigenvalue weighted by Crippen LogP contribution is 2.46. The number of carboxylic acids is 1. The predicted octanol–water partition coefficient (Wildman–Crippen LogP) is 0.944. The van der Waals surface area contributed by atoms with Gasteiger partial charge in [0.1, 0.15) is 24.9 Å². The first-order valence-corrected chi connectivity index (χ1v) is 5.68. The van der Waals surface area contributed by atoms with E-state index in [9.17, 15) is 9.90 Å². The van der Waals surface area contributed by atoms with Gasteiger partial charge < -0.3 is 25.4 Å². The Morgan fingerprint density at radius 3 is 2.78 bits per heavy atom. The van der Waals surface area contributed by atoms with Crippen LogP contribution in [0.5, 0.6) is 17.2 Å². The number of phenolic OH excluding ortho intramolecular Hbond substituents is 1. The Bertz CT molecular complexity index is 491. The maximum absolute atomic E-state index is 11.1. The fourth-order valence-electron chi connectivity index (χ4n) is 1.83. The van der Waals surface area contributed by atoms with E-state index >= 15 is 0 Å². The molecular weight excluding hydrogens is 262 g/mol. The number of ether oxygens (including phenoxy) is 2. The zero-order valence-corrected chi connectivity index (χ0v) is 10.1. The molecule has 1 aliphatic rings. The van der Waals surface area contributed by atoms with Crippen LogP contribution >= 0.6 is 11.6 Å². The number of hydrogen-bond donors (Lipinski definition) is 3. The van der Waals surface area contributed by atoms with Crippen LogP contribution in [-0.4, -0.2) is 35.9 Å². The zero-order chi connectivity index (χ0) is 13.3. The van der Waals surface area contributed by atoms with Crippen molar-refractivity contribution in [3.63, 3.8) is 0 Å². The minimum atomic E-state index is -1.16. The maximum Gasteiger partial charge on any atom is 0.312 e. The molecule has 0 saturated carbocycles. The summed E-state index contributed by atoms with van der Waals surface area (Å²) in [5, 5.41) is 19.0. The lowest BCUT2D eigenvalue weighted by Crippen LogP contribution is -2.24. The van der Waals surface area contributed by atoms with E-state index in [0.717, 1.165) is 0 Å². The first kappa shape index (κ1) is 12.8. The molecule has 0 bridgehead atoms. The van der Waals surface area contributed by atoms with Crippen LogP contribution in [0.15, 0.2) is 6.07 Å². The summed E-state index contributed by atoms with van der Waals surface area (Å²) in [6.45, 7) is 0.435. The lowest BCUT2D eigenvalue weighted by Gasteiger charge is -2.24. The number of aromatic hydroxyl groups is 1. The van der Waals surface area contributed by atoms with Gasteiger partial charge >= 0.3 is 5.97 Å². The Balaban J connectivity index is 2.63. The van der Waals surface area contributed by atoms with Crippen molar-refractivity contribution in [1.29, 1.82) is 0 Å². The molecule has 0 spiro atoms. The summed E-state index contributed by atoms with van der Waals surface area (Å²) in [7, 11) is 0. The topological polar surface area (TPSA) is 102 Å². The molecule has 0 radical (unpaired) electrons. The van der Waals surface area contributed by atoms with Crippen LogP contribution < -0.4 is 15.2 Å². The van der Waals surface area contributed by atoms with Crippen molar-refractivity contribution < 1.29 is 24.5 Å². The van der Waals surface area contributed by atoms with E-state index in [2.05, 4.69) is 0 Å². The van der Waals surface area contributed by atoms with Crippen molar-refractivity contribution in [1.82, 2.24) is 0 Å². The molecule has 6 nitrogen and oxygen atoms in total. The standard InChI is InChI=1S/C11H12ClNO5/c12-6-3-7-10(18-2-1-17-7)8(9(6)14)5(4-13)11(15)16/h3,5,14H,1-2,4,13H2,(H,15,16). The second kappa shape index (κ2) is 4.91. The van der Waals surface area contributed by atoms with Gasteiger partial charge in [0.15, 0.2) is 11.5 Å². The molecule has 1 aliphatic heterocycles. The van der Waals surface area contributed by atoms with Crippen molar-refractivity contribution in [2.24, 2.45) is 5.73 Å². The number of fused-ring (bicyclic) bond motifs is 1. The number of nitrogens with two attached hydrogens (primary N) is 1. The van der Waals surface area contributed by atoms with E-state index < -0.39 is 11.9 Å². The van der Waals surface area contributed by atoms with Crippen LogP contribution in [0.1, 0.15) is 11.5 Å². The summed E-state index contributed by atoms with van der Waals surface area (Å²) in [6, 6.07) is 1.39. The third kappa shape index (κ3) is 2.04. The first-order valence-electron chi connectivity index (χ1n) is 5.30.